The molecule has 3 atom stereocenters. The molecule has 11 heteroatoms. The number of aromatic carboxylic acids is 1. The van der Waals surface area contributed by atoms with E-state index in [0.29, 0.717) is 55.8 Å². The number of benzene rings is 4. The van der Waals surface area contributed by atoms with Crippen molar-refractivity contribution in [2.45, 2.75) is 68.6 Å². The van der Waals surface area contributed by atoms with Gasteiger partial charge in [0.15, 0.2) is 6.29 Å². The normalized spacial score (nSPS) is 17.3. The highest BCUT2D eigenvalue weighted by atomic mass is 32.2. The summed E-state index contributed by atoms with van der Waals surface area (Å²) in [5, 5.41) is 24.4. The summed E-state index contributed by atoms with van der Waals surface area (Å²) in [6.07, 6.45) is 1.46. The highest BCUT2D eigenvalue weighted by Crippen LogP contribution is 2.39. The number of amides is 2. The number of para-hydroxylation sites is 2. The molecule has 4 aromatic carbocycles. The number of ether oxygens (including phenoxy) is 2. The number of carboxylic acids is 1. The highest BCUT2D eigenvalue weighted by molar-refractivity contribution is 7.99. The van der Waals surface area contributed by atoms with Gasteiger partial charge in [-0.1, -0.05) is 60.7 Å². The Bertz CT molecular complexity index is 1700. The number of aliphatic hydroxyl groups excluding tert-OH is 1. The Hall–Kier alpha value is -4.68. The van der Waals surface area contributed by atoms with Gasteiger partial charge >= 0.3 is 5.97 Å². The zero-order valence-electron chi connectivity index (χ0n) is 27.0. The molecule has 256 valence electrons. The third-order valence-electron chi connectivity index (χ3n) is 8.19. The van der Waals surface area contributed by atoms with Crippen LogP contribution < -0.4 is 16.4 Å². The molecule has 1 aliphatic heterocycles. The second kappa shape index (κ2) is 17.6. The van der Waals surface area contributed by atoms with Crippen molar-refractivity contribution >= 4 is 40.9 Å². The summed E-state index contributed by atoms with van der Waals surface area (Å²) in [5.74, 6) is -0.523. The van der Waals surface area contributed by atoms with Crippen LogP contribution in [0.1, 0.15) is 77.1 Å². The van der Waals surface area contributed by atoms with Crippen molar-refractivity contribution in [2.24, 2.45) is 0 Å². The molecule has 0 spiro atoms. The quantitative estimate of drug-likeness (QED) is 0.0528. The molecule has 4 aromatic rings. The lowest BCUT2D eigenvalue weighted by molar-refractivity contribution is -0.245. The van der Waals surface area contributed by atoms with Crippen LogP contribution in [0.3, 0.4) is 0 Å². The maximum absolute atomic E-state index is 12.5. The van der Waals surface area contributed by atoms with Crippen molar-refractivity contribution in [3.63, 3.8) is 0 Å². The van der Waals surface area contributed by atoms with Crippen LogP contribution >= 0.6 is 11.8 Å². The number of nitrogens with one attached hydrogen (secondary N) is 2. The summed E-state index contributed by atoms with van der Waals surface area (Å²) >= 11 is 1.60. The van der Waals surface area contributed by atoms with Gasteiger partial charge in [-0.15, -0.1) is 11.8 Å². The molecular weight excluding hydrogens is 642 g/mol. The number of hydrogen-bond donors (Lipinski definition) is 5. The first-order valence-electron chi connectivity index (χ1n) is 16.2. The minimum absolute atomic E-state index is 0.0333. The smallest absolute Gasteiger partial charge is 0.335 e. The first-order valence-corrected chi connectivity index (χ1v) is 17.2. The molecule has 1 heterocycles. The molecule has 1 fully saturated rings. The largest absolute Gasteiger partial charge is 0.478 e. The highest BCUT2D eigenvalue weighted by Gasteiger charge is 2.32. The van der Waals surface area contributed by atoms with Gasteiger partial charge < -0.3 is 36.1 Å². The Labute approximate surface area is 290 Å². The molecule has 0 aromatic heterocycles. The Morgan fingerprint density at radius 2 is 1.45 bits per heavy atom. The standard InChI is InChI=1S/C38H41N3O7S/c39-32-5-1-2-6-33(32)41-36(44)8-4-3-7-35(43)40-22-25-9-15-29(16-10-25)38-47-30(24-49-31-19-17-28(18-20-31)37(45)46)21-34(48-38)27-13-11-26(23-42)12-14-27/h1-2,5-6,9-20,30,34,38,42H,3-4,7-8,21-24,39H2,(H,40,43)(H,41,44)(H,45,46). The van der Waals surface area contributed by atoms with Gasteiger partial charge in [-0.3, -0.25) is 9.59 Å². The molecular formula is C38H41N3O7S. The Morgan fingerprint density at radius 1 is 0.796 bits per heavy atom. The van der Waals surface area contributed by atoms with E-state index in [1.165, 1.54) is 0 Å². The van der Waals surface area contributed by atoms with Crippen LogP contribution in [0.2, 0.25) is 0 Å². The molecule has 1 saturated heterocycles. The summed E-state index contributed by atoms with van der Waals surface area (Å²) in [5.41, 5.74) is 10.8. The predicted molar refractivity (Wildman–Crippen MR) is 189 cm³/mol. The lowest BCUT2D eigenvalue weighted by atomic mass is 10.0. The number of rotatable bonds is 15. The van der Waals surface area contributed by atoms with E-state index in [0.717, 1.165) is 27.1 Å². The van der Waals surface area contributed by atoms with Gasteiger partial charge in [0.1, 0.15) is 0 Å². The van der Waals surface area contributed by atoms with E-state index >= 15 is 0 Å². The Balaban J connectivity index is 1.12. The monoisotopic (exact) mass is 683 g/mol. The van der Waals surface area contributed by atoms with Gasteiger partial charge in [-0.25, -0.2) is 4.79 Å². The van der Waals surface area contributed by atoms with Crippen molar-refractivity contribution in [3.8, 4) is 0 Å². The predicted octanol–water partition coefficient (Wildman–Crippen LogP) is 6.61. The topological polar surface area (TPSA) is 160 Å². The second-order valence-corrected chi connectivity index (χ2v) is 12.9. The Morgan fingerprint density at radius 3 is 2.12 bits per heavy atom. The van der Waals surface area contributed by atoms with Crippen molar-refractivity contribution in [3.05, 3.63) is 125 Å². The van der Waals surface area contributed by atoms with Crippen LogP contribution in [0.25, 0.3) is 0 Å². The number of carboxylic acid groups (broad SMARTS) is 1. The lowest BCUT2D eigenvalue weighted by Crippen LogP contribution is -2.31. The SMILES string of the molecule is Nc1ccccc1NC(=O)CCCCC(=O)NCc1ccc(C2OC(CSc3ccc(C(=O)O)cc3)CC(c3ccc(CO)cc3)O2)cc1. The molecule has 49 heavy (non-hydrogen) atoms. The van der Waals surface area contributed by atoms with E-state index < -0.39 is 12.3 Å². The van der Waals surface area contributed by atoms with Gasteiger partial charge in [-0.2, -0.15) is 0 Å². The summed E-state index contributed by atoms with van der Waals surface area (Å²) in [4.78, 5) is 36.8. The number of carbonyl (C=O) groups is 3. The molecule has 0 saturated carbocycles. The third kappa shape index (κ3) is 10.7. The number of nitrogens with two attached hydrogens (primary N) is 1. The minimum Gasteiger partial charge on any atom is -0.478 e. The molecule has 5 rings (SSSR count). The first kappa shape index (κ1) is 35.6. The van der Waals surface area contributed by atoms with Crippen LogP contribution in [0, 0.1) is 0 Å². The van der Waals surface area contributed by atoms with E-state index in [9.17, 15) is 24.6 Å². The number of carbonyl (C=O) groups excluding carboxylic acids is 2. The third-order valence-corrected chi connectivity index (χ3v) is 9.33. The van der Waals surface area contributed by atoms with Crippen LogP contribution in [0.15, 0.2) is 102 Å². The summed E-state index contributed by atoms with van der Waals surface area (Å²) in [6.45, 7) is 0.341. The van der Waals surface area contributed by atoms with E-state index in [1.807, 2.05) is 54.6 Å². The fourth-order valence-corrected chi connectivity index (χ4v) is 6.30. The van der Waals surface area contributed by atoms with Crippen molar-refractivity contribution < 1.29 is 34.1 Å². The lowest BCUT2D eigenvalue weighted by Gasteiger charge is -2.36. The second-order valence-electron chi connectivity index (χ2n) is 11.9. The molecule has 0 bridgehead atoms. The molecule has 2 amide bonds. The van der Waals surface area contributed by atoms with E-state index in [-0.39, 0.29) is 36.2 Å². The average Bonchev–Trinajstić information content (AvgIpc) is 3.13. The number of hydrogen-bond acceptors (Lipinski definition) is 8. The van der Waals surface area contributed by atoms with Gasteiger partial charge in [-0.05, 0) is 65.9 Å². The van der Waals surface area contributed by atoms with Crippen molar-refractivity contribution in [1.82, 2.24) is 5.32 Å². The van der Waals surface area contributed by atoms with Crippen LogP contribution in [-0.2, 0) is 32.2 Å². The van der Waals surface area contributed by atoms with Crippen LogP contribution in [0.4, 0.5) is 11.4 Å². The summed E-state index contributed by atoms with van der Waals surface area (Å²) in [7, 11) is 0. The summed E-state index contributed by atoms with van der Waals surface area (Å²) < 4.78 is 12.9. The average molecular weight is 684 g/mol. The van der Waals surface area contributed by atoms with Gasteiger partial charge in [0, 0.05) is 42.0 Å². The van der Waals surface area contributed by atoms with Crippen molar-refractivity contribution in [2.75, 3.05) is 16.8 Å². The molecule has 3 unspecified atom stereocenters. The van der Waals surface area contributed by atoms with Gasteiger partial charge in [0.2, 0.25) is 11.8 Å². The van der Waals surface area contributed by atoms with E-state index in [1.54, 1.807) is 54.2 Å². The zero-order valence-corrected chi connectivity index (χ0v) is 27.9. The zero-order chi connectivity index (χ0) is 34.6. The van der Waals surface area contributed by atoms with E-state index in [2.05, 4.69) is 10.6 Å². The fourth-order valence-electron chi connectivity index (χ4n) is 5.38. The van der Waals surface area contributed by atoms with Crippen LogP contribution in [0.5, 0.6) is 0 Å². The van der Waals surface area contributed by atoms with E-state index in [4.69, 9.17) is 15.2 Å². The number of anilines is 2. The fraction of sp³-hybridized carbons (Fsp3) is 0.289. The maximum atomic E-state index is 12.5. The maximum Gasteiger partial charge on any atom is 0.335 e. The number of unbranched alkanes of at least 4 members (excludes halogenated alkanes) is 1. The van der Waals surface area contributed by atoms with Gasteiger partial charge in [0.05, 0.1) is 35.8 Å². The van der Waals surface area contributed by atoms with Crippen molar-refractivity contribution in [1.29, 1.82) is 0 Å². The summed E-state index contributed by atoms with van der Waals surface area (Å²) in [6, 6.07) is 29.4. The number of thioether (sulfide) groups is 1. The molecule has 0 aliphatic carbocycles. The molecule has 6 N–H and O–H groups in total. The molecule has 1 aliphatic rings. The molecule has 10 nitrogen and oxygen atoms in total. The minimum atomic E-state index is -0.958. The van der Waals surface area contributed by atoms with Crippen LogP contribution in [-0.4, -0.2) is 39.9 Å². The number of nitrogen functional groups attached to an aromatic ring is 1. The Kier molecular flexibility index (Phi) is 12.8. The first-order chi connectivity index (χ1) is 23.8. The number of aliphatic hydroxyl groups is 1. The molecule has 0 radical (unpaired) electrons. The van der Waals surface area contributed by atoms with Gasteiger partial charge in [0.25, 0.3) is 0 Å².